The number of benzene rings is 1. The Morgan fingerprint density at radius 2 is 1.76 bits per heavy atom. The van der Waals surface area contributed by atoms with Crippen LogP contribution in [0.4, 0.5) is 0 Å². The maximum Gasteiger partial charge on any atom is 0.254 e. The van der Waals surface area contributed by atoms with Crippen LogP contribution in [0.25, 0.3) is 0 Å². The summed E-state index contributed by atoms with van der Waals surface area (Å²) < 4.78 is 0. The molecule has 0 atom stereocenters. The summed E-state index contributed by atoms with van der Waals surface area (Å²) >= 11 is 1.69. The fourth-order valence-corrected chi connectivity index (χ4v) is 3.33. The third-order valence-electron chi connectivity index (χ3n) is 4.23. The number of nitrogens with zero attached hydrogens (tertiary/aromatic N) is 2. The van der Waals surface area contributed by atoms with Crippen molar-refractivity contribution in [2.24, 2.45) is 5.73 Å². The summed E-state index contributed by atoms with van der Waals surface area (Å²) in [4.78, 5) is 18.4. The van der Waals surface area contributed by atoms with Crippen molar-refractivity contribution in [3.63, 3.8) is 0 Å². The van der Waals surface area contributed by atoms with Crippen LogP contribution < -0.4 is 5.73 Å². The number of hydrogen-bond donors (Lipinski definition) is 1. The zero-order valence-corrected chi connectivity index (χ0v) is 16.6. The first kappa shape index (κ1) is 21.6. The normalized spacial score (nSPS) is 10.6. The minimum atomic E-state index is 0. The van der Waals surface area contributed by atoms with E-state index < -0.39 is 0 Å². The van der Waals surface area contributed by atoms with Gasteiger partial charge < -0.3 is 15.5 Å². The molecule has 138 valence electrons. The summed E-state index contributed by atoms with van der Waals surface area (Å²) in [6.07, 6.45) is 0. The van der Waals surface area contributed by atoms with Gasteiger partial charge in [0.05, 0.1) is 6.54 Å². The van der Waals surface area contributed by atoms with Crippen LogP contribution in [0.2, 0.25) is 0 Å². The molecule has 0 spiro atoms. The second-order valence-electron chi connectivity index (χ2n) is 5.73. The van der Waals surface area contributed by atoms with Crippen LogP contribution in [0, 0.1) is 0 Å². The van der Waals surface area contributed by atoms with Crippen LogP contribution >= 0.6 is 23.7 Å². The number of rotatable bonds is 9. The molecular weight excluding hydrogens is 354 g/mol. The molecule has 1 aromatic carbocycles. The molecule has 4 nitrogen and oxygen atoms in total. The van der Waals surface area contributed by atoms with Gasteiger partial charge in [0.25, 0.3) is 5.91 Å². The van der Waals surface area contributed by atoms with Crippen LogP contribution in [0.15, 0.2) is 41.8 Å². The molecule has 0 bridgehead atoms. The first-order valence-electron chi connectivity index (χ1n) is 8.50. The molecule has 2 rings (SSSR count). The van der Waals surface area contributed by atoms with E-state index in [-0.39, 0.29) is 18.3 Å². The highest BCUT2D eigenvalue weighted by atomic mass is 35.5. The summed E-state index contributed by atoms with van der Waals surface area (Å²) in [6.45, 7) is 9.10. The largest absolute Gasteiger partial charge is 0.332 e. The highest BCUT2D eigenvalue weighted by Crippen LogP contribution is 2.15. The average molecular weight is 382 g/mol. The number of likely N-dealkylation sites (N-methyl/N-ethyl adjacent to an activating group) is 1. The van der Waals surface area contributed by atoms with Gasteiger partial charge in [0, 0.05) is 30.1 Å². The molecule has 1 aromatic heterocycles. The molecule has 0 fully saturated rings. The standard InChI is InChI=1S/C19H27N3OS.ClH/c1-3-21(4-2)11-12-22(15-18-6-5-13-24-18)19(23)17-9-7-16(14-20)8-10-17;/h5-10,13H,3-4,11-12,14-15,20H2,1-2H3;1H. The summed E-state index contributed by atoms with van der Waals surface area (Å²) in [7, 11) is 0. The van der Waals surface area contributed by atoms with Crippen LogP contribution in [-0.2, 0) is 13.1 Å². The summed E-state index contributed by atoms with van der Waals surface area (Å²) in [5.41, 5.74) is 7.40. The van der Waals surface area contributed by atoms with Crippen LogP contribution in [0.3, 0.4) is 0 Å². The Morgan fingerprint density at radius 3 is 2.28 bits per heavy atom. The summed E-state index contributed by atoms with van der Waals surface area (Å²) in [5.74, 6) is 0.0825. The maximum atomic E-state index is 12.9. The van der Waals surface area contributed by atoms with Crippen molar-refractivity contribution in [2.75, 3.05) is 26.2 Å². The zero-order valence-electron chi connectivity index (χ0n) is 15.0. The van der Waals surface area contributed by atoms with Gasteiger partial charge in [0.2, 0.25) is 0 Å². The lowest BCUT2D eigenvalue weighted by Crippen LogP contribution is -2.38. The number of hydrogen-bond acceptors (Lipinski definition) is 4. The van der Waals surface area contributed by atoms with E-state index in [1.807, 2.05) is 35.2 Å². The minimum Gasteiger partial charge on any atom is -0.332 e. The maximum absolute atomic E-state index is 12.9. The van der Waals surface area contributed by atoms with E-state index >= 15 is 0 Å². The molecule has 1 heterocycles. The smallest absolute Gasteiger partial charge is 0.254 e. The number of nitrogens with two attached hydrogens (primary N) is 1. The van der Waals surface area contributed by atoms with Gasteiger partial charge in [-0.3, -0.25) is 4.79 Å². The lowest BCUT2D eigenvalue weighted by atomic mass is 10.1. The third kappa shape index (κ3) is 6.44. The molecule has 0 saturated carbocycles. The Balaban J connectivity index is 0.00000312. The van der Waals surface area contributed by atoms with E-state index in [9.17, 15) is 4.79 Å². The number of carbonyl (C=O) groups excluding carboxylic acids is 1. The van der Waals surface area contributed by atoms with Gasteiger partial charge in [-0.25, -0.2) is 0 Å². The Kier molecular flexibility index (Phi) is 9.75. The molecular formula is C19H28ClN3OS. The van der Waals surface area contributed by atoms with E-state index in [1.54, 1.807) is 11.3 Å². The van der Waals surface area contributed by atoms with Gasteiger partial charge >= 0.3 is 0 Å². The van der Waals surface area contributed by atoms with Gasteiger partial charge in [-0.05, 0) is 42.2 Å². The lowest BCUT2D eigenvalue weighted by Gasteiger charge is -2.26. The fourth-order valence-electron chi connectivity index (χ4n) is 2.61. The Morgan fingerprint density at radius 1 is 1.08 bits per heavy atom. The first-order valence-corrected chi connectivity index (χ1v) is 9.38. The van der Waals surface area contributed by atoms with E-state index in [4.69, 9.17) is 5.73 Å². The molecule has 1 amide bonds. The van der Waals surface area contributed by atoms with Crippen LogP contribution in [-0.4, -0.2) is 41.9 Å². The van der Waals surface area contributed by atoms with Gasteiger partial charge in [-0.2, -0.15) is 0 Å². The Labute approximate surface area is 161 Å². The van der Waals surface area contributed by atoms with Crippen LogP contribution in [0.5, 0.6) is 0 Å². The van der Waals surface area contributed by atoms with Crippen molar-refractivity contribution in [1.29, 1.82) is 0 Å². The van der Waals surface area contributed by atoms with Gasteiger partial charge in [-0.1, -0.05) is 32.0 Å². The SMILES string of the molecule is CCN(CC)CCN(Cc1cccs1)C(=O)c1ccc(CN)cc1.Cl. The highest BCUT2D eigenvalue weighted by Gasteiger charge is 2.17. The van der Waals surface area contributed by atoms with Gasteiger partial charge in [0.1, 0.15) is 0 Å². The van der Waals surface area contributed by atoms with Crippen LogP contribution in [0.1, 0.15) is 34.6 Å². The Bertz CT molecular complexity index is 612. The van der Waals surface area contributed by atoms with Crippen molar-refractivity contribution >= 4 is 29.7 Å². The molecule has 0 radical (unpaired) electrons. The van der Waals surface area contributed by atoms with Crippen molar-refractivity contribution < 1.29 is 4.79 Å². The Hall–Kier alpha value is -1.40. The number of carbonyl (C=O) groups is 1. The molecule has 0 aliphatic rings. The second kappa shape index (κ2) is 11.3. The van der Waals surface area contributed by atoms with E-state index in [2.05, 4.69) is 30.2 Å². The first-order chi connectivity index (χ1) is 11.7. The predicted octanol–water partition coefficient (Wildman–Crippen LogP) is 3.61. The number of halogens is 1. The van der Waals surface area contributed by atoms with Crippen molar-refractivity contribution in [1.82, 2.24) is 9.80 Å². The van der Waals surface area contributed by atoms with Gasteiger partial charge in [0.15, 0.2) is 0 Å². The minimum absolute atomic E-state index is 0. The summed E-state index contributed by atoms with van der Waals surface area (Å²) in [6, 6.07) is 11.7. The van der Waals surface area contributed by atoms with E-state index in [0.717, 1.165) is 37.3 Å². The highest BCUT2D eigenvalue weighted by molar-refractivity contribution is 7.09. The predicted molar refractivity (Wildman–Crippen MR) is 108 cm³/mol. The van der Waals surface area contributed by atoms with Crippen molar-refractivity contribution in [2.45, 2.75) is 26.9 Å². The molecule has 2 aromatic rings. The third-order valence-corrected chi connectivity index (χ3v) is 5.09. The topological polar surface area (TPSA) is 49.6 Å². The quantitative estimate of drug-likeness (QED) is 0.721. The van der Waals surface area contributed by atoms with Gasteiger partial charge in [-0.15, -0.1) is 23.7 Å². The zero-order chi connectivity index (χ0) is 17.4. The molecule has 2 N–H and O–H groups in total. The average Bonchev–Trinajstić information content (AvgIpc) is 3.14. The molecule has 0 unspecified atom stereocenters. The molecule has 25 heavy (non-hydrogen) atoms. The molecule has 6 heteroatoms. The molecule has 0 aliphatic carbocycles. The number of amides is 1. The van der Waals surface area contributed by atoms with Crippen molar-refractivity contribution in [3.8, 4) is 0 Å². The second-order valence-corrected chi connectivity index (χ2v) is 6.77. The number of thiophene rings is 1. The van der Waals surface area contributed by atoms with E-state index in [1.165, 1.54) is 4.88 Å². The fraction of sp³-hybridized carbons (Fsp3) is 0.421. The molecule has 0 aliphatic heterocycles. The van der Waals surface area contributed by atoms with Crippen molar-refractivity contribution in [3.05, 3.63) is 57.8 Å². The molecule has 0 saturated heterocycles. The monoisotopic (exact) mass is 381 g/mol. The summed E-state index contributed by atoms with van der Waals surface area (Å²) in [5, 5.41) is 2.05. The van der Waals surface area contributed by atoms with E-state index in [0.29, 0.717) is 13.1 Å². The lowest BCUT2D eigenvalue weighted by molar-refractivity contribution is 0.0725.